The molecule has 1 aromatic heterocycles. The number of piperidine rings is 1. The number of anilines is 2. The molecule has 1 atom stereocenters. The van der Waals surface area contributed by atoms with Crippen LogP contribution in [0.15, 0.2) is 0 Å². The van der Waals surface area contributed by atoms with Gasteiger partial charge in [-0.25, -0.2) is 4.79 Å². The second kappa shape index (κ2) is 6.34. The fourth-order valence-corrected chi connectivity index (χ4v) is 3.71. The number of thiophene rings is 1. The fourth-order valence-electron chi connectivity index (χ4n) is 2.61. The Bertz CT molecular complexity index is 556. The van der Waals surface area contributed by atoms with E-state index in [4.69, 9.17) is 16.2 Å². The van der Waals surface area contributed by atoms with Crippen molar-refractivity contribution in [2.24, 2.45) is 11.7 Å². The smallest absolute Gasteiger partial charge is 0.343 e. The number of carbonyl (C=O) groups is 2. The van der Waals surface area contributed by atoms with Crippen molar-refractivity contribution in [3.05, 3.63) is 10.4 Å². The third kappa shape index (κ3) is 3.12. The van der Waals surface area contributed by atoms with E-state index in [-0.39, 0.29) is 22.7 Å². The average molecular weight is 311 g/mol. The molecule has 116 valence electrons. The van der Waals surface area contributed by atoms with Gasteiger partial charge in [-0.15, -0.1) is 11.3 Å². The van der Waals surface area contributed by atoms with Crippen LogP contribution in [-0.2, 0) is 4.74 Å². The summed E-state index contributed by atoms with van der Waals surface area (Å²) >= 11 is 1.18. The van der Waals surface area contributed by atoms with Gasteiger partial charge in [-0.1, -0.05) is 6.92 Å². The van der Waals surface area contributed by atoms with Gasteiger partial charge in [0.25, 0.3) is 5.91 Å². The van der Waals surface area contributed by atoms with Gasteiger partial charge < -0.3 is 21.1 Å². The topological polar surface area (TPSA) is 98.6 Å². The highest BCUT2D eigenvalue weighted by atomic mass is 32.1. The van der Waals surface area contributed by atoms with Crippen molar-refractivity contribution in [1.82, 2.24) is 0 Å². The fraction of sp³-hybridized carbons (Fsp3) is 0.571. The normalized spacial score (nSPS) is 18.6. The molecular formula is C14H21N3O3S. The van der Waals surface area contributed by atoms with Crippen molar-refractivity contribution in [1.29, 1.82) is 0 Å². The van der Waals surface area contributed by atoms with E-state index in [0.717, 1.165) is 25.9 Å². The van der Waals surface area contributed by atoms with Crippen LogP contribution in [0, 0.1) is 5.92 Å². The molecule has 0 radical (unpaired) electrons. The van der Waals surface area contributed by atoms with Crippen molar-refractivity contribution < 1.29 is 14.3 Å². The summed E-state index contributed by atoms with van der Waals surface area (Å²) in [6.07, 6.45) is 2.21. The lowest BCUT2D eigenvalue weighted by atomic mass is 10.0. The van der Waals surface area contributed by atoms with Gasteiger partial charge >= 0.3 is 5.97 Å². The van der Waals surface area contributed by atoms with E-state index in [1.165, 1.54) is 11.3 Å². The molecule has 1 aliphatic rings. The van der Waals surface area contributed by atoms with Crippen LogP contribution in [0.25, 0.3) is 0 Å². The number of carbonyl (C=O) groups excluding carboxylic acids is 2. The number of nitrogen functional groups attached to an aromatic ring is 1. The van der Waals surface area contributed by atoms with E-state index in [2.05, 4.69) is 11.8 Å². The maximum absolute atomic E-state index is 12.2. The summed E-state index contributed by atoms with van der Waals surface area (Å²) in [5.74, 6) is -0.569. The van der Waals surface area contributed by atoms with E-state index in [9.17, 15) is 9.59 Å². The van der Waals surface area contributed by atoms with Crippen LogP contribution in [0.4, 0.5) is 10.7 Å². The summed E-state index contributed by atoms with van der Waals surface area (Å²) in [5.41, 5.74) is 11.7. The number of esters is 1. The molecule has 1 fully saturated rings. The zero-order valence-corrected chi connectivity index (χ0v) is 13.2. The first-order valence-electron chi connectivity index (χ1n) is 7.09. The standard InChI is InChI=1S/C14H21N3O3S/c1-3-20-14(19)9-10(15)11(12(16)18)21-13(9)17-6-4-5-8(2)7-17/h8H,3-7,15H2,1-2H3,(H2,16,18). The molecule has 1 saturated heterocycles. The average Bonchev–Trinajstić information content (AvgIpc) is 2.77. The summed E-state index contributed by atoms with van der Waals surface area (Å²) in [5, 5.41) is 0.700. The van der Waals surface area contributed by atoms with Gasteiger partial charge in [-0.3, -0.25) is 4.79 Å². The Morgan fingerprint density at radius 3 is 2.76 bits per heavy atom. The Morgan fingerprint density at radius 1 is 1.48 bits per heavy atom. The number of amides is 1. The first-order valence-corrected chi connectivity index (χ1v) is 7.91. The third-order valence-electron chi connectivity index (χ3n) is 3.57. The lowest BCUT2D eigenvalue weighted by molar-refractivity contribution is 0.0528. The van der Waals surface area contributed by atoms with Crippen LogP contribution < -0.4 is 16.4 Å². The molecule has 1 aromatic rings. The second-order valence-electron chi connectivity index (χ2n) is 5.30. The van der Waals surface area contributed by atoms with Gasteiger partial charge in [0.2, 0.25) is 0 Å². The number of rotatable bonds is 4. The van der Waals surface area contributed by atoms with Crippen molar-refractivity contribution in [3.63, 3.8) is 0 Å². The SMILES string of the molecule is CCOC(=O)c1c(N2CCCC(C)C2)sc(C(N)=O)c1N. The van der Waals surface area contributed by atoms with Crippen molar-refractivity contribution in [2.75, 3.05) is 30.3 Å². The highest BCUT2D eigenvalue weighted by Crippen LogP contribution is 2.40. The number of nitrogens with two attached hydrogens (primary N) is 2. The van der Waals surface area contributed by atoms with Crippen molar-refractivity contribution >= 4 is 33.9 Å². The number of hydrogen-bond donors (Lipinski definition) is 2. The molecule has 0 saturated carbocycles. The Morgan fingerprint density at radius 2 is 2.19 bits per heavy atom. The van der Waals surface area contributed by atoms with Gasteiger partial charge in [-0.2, -0.15) is 0 Å². The Labute approximate surface area is 128 Å². The molecule has 1 aliphatic heterocycles. The molecule has 0 aliphatic carbocycles. The van der Waals surface area contributed by atoms with Crippen LogP contribution in [0.3, 0.4) is 0 Å². The molecule has 0 bridgehead atoms. The highest BCUT2D eigenvalue weighted by molar-refractivity contribution is 7.19. The molecule has 6 nitrogen and oxygen atoms in total. The molecule has 0 spiro atoms. The first kappa shape index (κ1) is 15.6. The van der Waals surface area contributed by atoms with E-state index in [1.807, 2.05) is 0 Å². The van der Waals surface area contributed by atoms with E-state index in [0.29, 0.717) is 10.9 Å². The largest absolute Gasteiger partial charge is 0.462 e. The Balaban J connectivity index is 2.45. The zero-order valence-electron chi connectivity index (χ0n) is 12.3. The molecule has 2 rings (SSSR count). The molecular weight excluding hydrogens is 290 g/mol. The Kier molecular flexibility index (Phi) is 4.72. The van der Waals surface area contributed by atoms with Gasteiger partial charge in [0, 0.05) is 13.1 Å². The molecule has 21 heavy (non-hydrogen) atoms. The van der Waals surface area contributed by atoms with Crippen molar-refractivity contribution in [2.45, 2.75) is 26.7 Å². The lowest BCUT2D eigenvalue weighted by Gasteiger charge is -2.32. The van der Waals surface area contributed by atoms with Gasteiger partial charge in [0.05, 0.1) is 12.3 Å². The summed E-state index contributed by atoms with van der Waals surface area (Å²) in [6, 6.07) is 0. The number of hydrogen-bond acceptors (Lipinski definition) is 6. The van der Waals surface area contributed by atoms with Crippen LogP contribution in [-0.4, -0.2) is 31.6 Å². The van der Waals surface area contributed by atoms with Crippen LogP contribution >= 0.6 is 11.3 Å². The molecule has 1 amide bonds. The maximum Gasteiger partial charge on any atom is 0.343 e. The first-order chi connectivity index (χ1) is 9.95. The van der Waals surface area contributed by atoms with Crippen LogP contribution in [0.1, 0.15) is 46.7 Å². The summed E-state index contributed by atoms with van der Waals surface area (Å²) < 4.78 is 5.07. The van der Waals surface area contributed by atoms with Crippen molar-refractivity contribution in [3.8, 4) is 0 Å². The minimum Gasteiger partial charge on any atom is -0.462 e. The molecule has 4 N–H and O–H groups in total. The maximum atomic E-state index is 12.2. The summed E-state index contributed by atoms with van der Waals surface area (Å²) in [6.45, 7) is 5.84. The zero-order chi connectivity index (χ0) is 15.6. The van der Waals surface area contributed by atoms with Gasteiger partial charge in [-0.05, 0) is 25.7 Å². The van der Waals surface area contributed by atoms with E-state index in [1.54, 1.807) is 6.92 Å². The van der Waals surface area contributed by atoms with Crippen LogP contribution in [0.5, 0.6) is 0 Å². The Hall–Kier alpha value is -1.76. The predicted octanol–water partition coefficient (Wildman–Crippen LogP) is 1.84. The predicted molar refractivity (Wildman–Crippen MR) is 83.8 cm³/mol. The van der Waals surface area contributed by atoms with Crippen LogP contribution in [0.2, 0.25) is 0 Å². The second-order valence-corrected chi connectivity index (χ2v) is 6.30. The molecule has 0 aromatic carbocycles. The lowest BCUT2D eigenvalue weighted by Crippen LogP contribution is -2.34. The van der Waals surface area contributed by atoms with E-state index < -0.39 is 11.9 Å². The highest BCUT2D eigenvalue weighted by Gasteiger charge is 2.30. The minimum atomic E-state index is -0.612. The quantitative estimate of drug-likeness (QED) is 0.827. The summed E-state index contributed by atoms with van der Waals surface area (Å²) in [7, 11) is 0. The van der Waals surface area contributed by atoms with Gasteiger partial charge in [0.15, 0.2) is 0 Å². The molecule has 2 heterocycles. The van der Waals surface area contributed by atoms with Gasteiger partial charge in [0.1, 0.15) is 15.4 Å². The molecule has 1 unspecified atom stereocenters. The number of nitrogens with zero attached hydrogens (tertiary/aromatic N) is 1. The van der Waals surface area contributed by atoms with E-state index >= 15 is 0 Å². The minimum absolute atomic E-state index is 0.138. The third-order valence-corrected chi connectivity index (χ3v) is 4.86. The number of primary amides is 1. The monoisotopic (exact) mass is 311 g/mol. The molecule has 7 heteroatoms. The number of ether oxygens (including phenoxy) is 1. The summed E-state index contributed by atoms with van der Waals surface area (Å²) in [4.78, 5) is 26.0.